The molecule has 0 unspecified atom stereocenters. The maximum Gasteiger partial charge on any atom is 0.332 e. The Morgan fingerprint density at radius 2 is 1.27 bits per heavy atom. The van der Waals surface area contributed by atoms with Crippen LogP contribution in [0.2, 0.25) is 0 Å². The van der Waals surface area contributed by atoms with E-state index in [9.17, 15) is 9.59 Å². The molecule has 0 spiro atoms. The summed E-state index contributed by atoms with van der Waals surface area (Å²) < 4.78 is 13.5. The van der Waals surface area contributed by atoms with E-state index < -0.39 is 11.9 Å². The van der Waals surface area contributed by atoms with E-state index in [1.54, 1.807) is 0 Å². The van der Waals surface area contributed by atoms with Gasteiger partial charge in [-0.15, -0.1) is 0 Å². The Kier molecular flexibility index (Phi) is 8.64. The van der Waals surface area contributed by atoms with Crippen LogP contribution in [0.1, 0.15) is 0 Å². The molecule has 0 aliphatic carbocycles. The minimum absolute atomic E-state index is 0.100. The molecule has 0 saturated heterocycles. The van der Waals surface area contributed by atoms with Crippen LogP contribution in [0.5, 0.6) is 0 Å². The van der Waals surface area contributed by atoms with Gasteiger partial charge in [0.1, 0.15) is 26.4 Å². The quantitative estimate of drug-likeness (QED) is 0.461. The molecule has 0 fully saturated rings. The van der Waals surface area contributed by atoms with Gasteiger partial charge in [0.25, 0.3) is 0 Å². The smallest absolute Gasteiger partial charge is 0.332 e. The van der Waals surface area contributed by atoms with Gasteiger partial charge in [-0.3, -0.25) is 0 Å². The molecule has 0 aliphatic rings. The summed E-state index contributed by atoms with van der Waals surface area (Å²) in [7, 11) is 0. The van der Waals surface area contributed by atoms with Crippen LogP contribution in [0, 0.1) is 0 Å². The zero-order valence-electron chi connectivity index (χ0n) is 8.18. The summed E-state index contributed by atoms with van der Waals surface area (Å²) >= 11 is 0. The van der Waals surface area contributed by atoms with E-state index >= 15 is 0 Å². The van der Waals surface area contributed by atoms with Crippen LogP contribution in [0.3, 0.4) is 0 Å². The lowest BCUT2D eigenvalue weighted by Gasteiger charge is -2.04. The first-order valence-electron chi connectivity index (χ1n) is 4.31. The first-order valence-corrected chi connectivity index (χ1v) is 4.31. The van der Waals surface area contributed by atoms with Gasteiger partial charge in [-0.1, -0.05) is 0 Å². The molecule has 15 heavy (non-hydrogen) atoms. The lowest BCUT2D eigenvalue weighted by molar-refractivity contribution is -0.156. The number of carbonyl (C=O) groups is 2. The number of aliphatic hydroxyl groups excluding tert-OH is 2. The molecular weight excluding hydrogens is 208 g/mol. The average molecular weight is 222 g/mol. The maximum atomic E-state index is 10.7. The monoisotopic (exact) mass is 222 g/mol. The molecule has 0 atom stereocenters. The highest BCUT2D eigenvalue weighted by Crippen LogP contribution is 1.84. The molecule has 7 nitrogen and oxygen atoms in total. The topological polar surface area (TPSA) is 102 Å². The predicted molar refractivity (Wildman–Crippen MR) is 46.9 cm³/mol. The lowest BCUT2D eigenvalue weighted by Crippen LogP contribution is -2.20. The molecule has 0 aromatic heterocycles. The van der Waals surface area contributed by atoms with Gasteiger partial charge in [0.05, 0.1) is 13.2 Å². The molecule has 0 aromatic carbocycles. The summed E-state index contributed by atoms with van der Waals surface area (Å²) in [5.74, 6) is -1.34. The highest BCUT2D eigenvalue weighted by atomic mass is 16.6. The molecule has 0 radical (unpaired) electrons. The Morgan fingerprint density at radius 1 is 0.867 bits per heavy atom. The third kappa shape index (κ3) is 9.13. The van der Waals surface area contributed by atoms with Crippen LogP contribution < -0.4 is 0 Å². The summed E-state index contributed by atoms with van der Waals surface area (Å²) in [6.45, 7) is -1.48. The summed E-state index contributed by atoms with van der Waals surface area (Å²) in [6, 6.07) is 0. The van der Waals surface area contributed by atoms with Gasteiger partial charge in [-0.25, -0.2) is 9.59 Å². The van der Waals surface area contributed by atoms with Crippen molar-refractivity contribution in [3.05, 3.63) is 0 Å². The molecule has 0 aromatic rings. The zero-order valence-corrected chi connectivity index (χ0v) is 8.18. The van der Waals surface area contributed by atoms with Gasteiger partial charge in [0.15, 0.2) is 0 Å². The van der Waals surface area contributed by atoms with Crippen molar-refractivity contribution in [2.45, 2.75) is 0 Å². The third-order valence-corrected chi connectivity index (χ3v) is 1.15. The lowest BCUT2D eigenvalue weighted by atomic mass is 10.6. The highest BCUT2D eigenvalue weighted by molar-refractivity contribution is 5.73. The van der Waals surface area contributed by atoms with Gasteiger partial charge in [-0.2, -0.15) is 0 Å². The number of carbonyl (C=O) groups excluding carboxylic acids is 2. The second-order valence-electron chi connectivity index (χ2n) is 2.38. The van der Waals surface area contributed by atoms with Crippen molar-refractivity contribution in [1.82, 2.24) is 0 Å². The van der Waals surface area contributed by atoms with Crippen molar-refractivity contribution in [1.29, 1.82) is 0 Å². The molecule has 0 saturated carbocycles. The third-order valence-electron chi connectivity index (χ3n) is 1.15. The van der Waals surface area contributed by atoms with E-state index in [4.69, 9.17) is 10.2 Å². The molecule has 0 bridgehead atoms. The number of rotatable bonds is 8. The number of hydrogen-bond donors (Lipinski definition) is 2. The van der Waals surface area contributed by atoms with Crippen LogP contribution in [-0.2, 0) is 23.8 Å². The van der Waals surface area contributed by atoms with E-state index in [1.165, 1.54) is 0 Å². The van der Waals surface area contributed by atoms with Crippen LogP contribution >= 0.6 is 0 Å². The highest BCUT2D eigenvalue weighted by Gasteiger charge is 2.06. The minimum atomic E-state index is -0.668. The molecule has 7 heteroatoms. The van der Waals surface area contributed by atoms with Crippen LogP contribution in [0.25, 0.3) is 0 Å². The number of aliphatic hydroxyl groups is 2. The van der Waals surface area contributed by atoms with Crippen molar-refractivity contribution in [3.8, 4) is 0 Å². The molecular formula is C8H14O7. The average Bonchev–Trinajstić information content (AvgIpc) is 2.23. The largest absolute Gasteiger partial charge is 0.462 e. The van der Waals surface area contributed by atoms with Crippen molar-refractivity contribution in [3.63, 3.8) is 0 Å². The van der Waals surface area contributed by atoms with Crippen LogP contribution in [0.4, 0.5) is 0 Å². The fourth-order valence-corrected chi connectivity index (χ4v) is 0.620. The second-order valence-corrected chi connectivity index (χ2v) is 2.38. The molecule has 0 rings (SSSR count). The Labute approximate surface area is 86.5 Å². The molecule has 0 amide bonds. The first-order chi connectivity index (χ1) is 7.20. The van der Waals surface area contributed by atoms with Crippen molar-refractivity contribution in [2.75, 3.05) is 39.6 Å². The van der Waals surface area contributed by atoms with Gasteiger partial charge in [0.2, 0.25) is 0 Å². The number of hydrogen-bond acceptors (Lipinski definition) is 7. The van der Waals surface area contributed by atoms with Gasteiger partial charge >= 0.3 is 11.9 Å². The molecule has 0 aliphatic heterocycles. The molecule has 2 N–H and O–H groups in total. The van der Waals surface area contributed by atoms with Crippen molar-refractivity contribution in [2.24, 2.45) is 0 Å². The number of esters is 2. The Balaban J connectivity index is 3.36. The zero-order chi connectivity index (χ0) is 11.5. The van der Waals surface area contributed by atoms with E-state index in [0.717, 1.165) is 0 Å². The predicted octanol–water partition coefficient (Wildman–Crippen LogP) is -1.93. The summed E-state index contributed by atoms with van der Waals surface area (Å²) in [5.41, 5.74) is 0. The Morgan fingerprint density at radius 3 is 1.60 bits per heavy atom. The van der Waals surface area contributed by atoms with Crippen LogP contribution in [-0.4, -0.2) is 61.8 Å². The standard InChI is InChI=1S/C8H14O7/c9-1-3-14-7(11)5-13-6-8(12)15-4-2-10/h9-10H,1-6H2. The summed E-state index contributed by atoms with van der Waals surface area (Å²) in [5, 5.41) is 16.6. The van der Waals surface area contributed by atoms with E-state index in [2.05, 4.69) is 14.2 Å². The van der Waals surface area contributed by atoms with Gasteiger partial charge in [-0.05, 0) is 0 Å². The summed E-state index contributed by atoms with van der Waals surface area (Å²) in [4.78, 5) is 21.5. The first kappa shape index (κ1) is 13.8. The minimum Gasteiger partial charge on any atom is -0.462 e. The van der Waals surface area contributed by atoms with Gasteiger partial charge < -0.3 is 24.4 Å². The van der Waals surface area contributed by atoms with E-state index in [1.807, 2.05) is 0 Å². The summed E-state index contributed by atoms with van der Waals surface area (Å²) in [6.07, 6.45) is 0. The van der Waals surface area contributed by atoms with Crippen molar-refractivity contribution >= 4 is 11.9 Å². The fourth-order valence-electron chi connectivity index (χ4n) is 0.620. The Hall–Kier alpha value is -1.18. The van der Waals surface area contributed by atoms with Gasteiger partial charge in [0, 0.05) is 0 Å². The molecule has 88 valence electrons. The number of ether oxygens (including phenoxy) is 3. The SMILES string of the molecule is O=C(COCC(=O)OCCO)OCCO. The Bertz CT molecular complexity index is 171. The van der Waals surface area contributed by atoms with E-state index in [-0.39, 0.29) is 39.6 Å². The van der Waals surface area contributed by atoms with Crippen molar-refractivity contribution < 1.29 is 34.0 Å². The maximum absolute atomic E-state index is 10.7. The van der Waals surface area contributed by atoms with E-state index in [0.29, 0.717) is 0 Å². The molecule has 0 heterocycles. The fraction of sp³-hybridized carbons (Fsp3) is 0.750. The van der Waals surface area contributed by atoms with Crippen LogP contribution in [0.15, 0.2) is 0 Å². The second kappa shape index (κ2) is 9.38. The normalized spacial score (nSPS) is 9.73.